The monoisotopic (exact) mass is 191 g/mol. The van der Waals surface area contributed by atoms with Gasteiger partial charge in [-0.05, 0) is 31.3 Å². The molecule has 0 radical (unpaired) electrons. The van der Waals surface area contributed by atoms with Crippen molar-refractivity contribution in [1.82, 2.24) is 0 Å². The van der Waals surface area contributed by atoms with Crippen LogP contribution in [-0.4, -0.2) is 11.1 Å². The molecule has 0 amide bonds. The molecule has 14 heavy (non-hydrogen) atoms. The van der Waals surface area contributed by atoms with Crippen LogP contribution in [0.5, 0.6) is 0 Å². The highest BCUT2D eigenvalue weighted by Crippen LogP contribution is 2.28. The summed E-state index contributed by atoms with van der Waals surface area (Å²) in [6.45, 7) is 4.03. The Kier molecular flexibility index (Phi) is 3.08. The molecule has 0 heterocycles. The van der Waals surface area contributed by atoms with Crippen molar-refractivity contribution in [3.8, 4) is 6.07 Å². The molecule has 0 spiro atoms. The minimum Gasteiger partial charge on any atom is -0.477 e. The Morgan fingerprint density at radius 3 is 2.71 bits per heavy atom. The number of aliphatic carboxylic acids is 1. The third-order valence-electron chi connectivity index (χ3n) is 2.31. The smallest absolute Gasteiger partial charge is 0.346 e. The van der Waals surface area contributed by atoms with E-state index in [1.807, 2.05) is 13.0 Å². The number of carbonyl (C=O) groups is 1. The summed E-state index contributed by atoms with van der Waals surface area (Å²) in [5, 5.41) is 17.5. The van der Waals surface area contributed by atoms with Crippen LogP contribution in [0.15, 0.2) is 22.8 Å². The number of hydrogen-bond acceptors (Lipinski definition) is 2. The van der Waals surface area contributed by atoms with E-state index in [0.717, 1.165) is 12.0 Å². The average Bonchev–Trinajstić information content (AvgIpc) is 2.02. The molecule has 0 aromatic rings. The SMILES string of the molecule is CC1=C/C(=C(\C#N)C(=O)O)CC(C)C1. The third-order valence-corrected chi connectivity index (χ3v) is 2.31. The van der Waals surface area contributed by atoms with E-state index in [4.69, 9.17) is 10.4 Å². The third kappa shape index (κ3) is 2.23. The van der Waals surface area contributed by atoms with Crippen molar-refractivity contribution in [2.45, 2.75) is 26.7 Å². The lowest BCUT2D eigenvalue weighted by Crippen LogP contribution is -2.09. The number of nitrogens with zero attached hydrogens (tertiary/aromatic N) is 1. The molecule has 3 heteroatoms. The zero-order valence-corrected chi connectivity index (χ0v) is 8.37. The minimum absolute atomic E-state index is 0.115. The van der Waals surface area contributed by atoms with Crippen molar-refractivity contribution >= 4 is 5.97 Å². The van der Waals surface area contributed by atoms with Crippen molar-refractivity contribution in [2.24, 2.45) is 5.92 Å². The van der Waals surface area contributed by atoms with Gasteiger partial charge in [0.25, 0.3) is 0 Å². The summed E-state index contributed by atoms with van der Waals surface area (Å²) in [6.07, 6.45) is 3.50. The zero-order chi connectivity index (χ0) is 10.7. The number of hydrogen-bond donors (Lipinski definition) is 1. The largest absolute Gasteiger partial charge is 0.477 e. The van der Waals surface area contributed by atoms with Gasteiger partial charge >= 0.3 is 5.97 Å². The Morgan fingerprint density at radius 2 is 2.29 bits per heavy atom. The van der Waals surface area contributed by atoms with E-state index in [1.54, 1.807) is 6.07 Å². The van der Waals surface area contributed by atoms with Crippen LogP contribution >= 0.6 is 0 Å². The topological polar surface area (TPSA) is 61.1 Å². The maximum atomic E-state index is 10.7. The highest BCUT2D eigenvalue weighted by atomic mass is 16.4. The summed E-state index contributed by atoms with van der Waals surface area (Å²) >= 11 is 0. The number of rotatable bonds is 1. The van der Waals surface area contributed by atoms with E-state index in [-0.39, 0.29) is 5.57 Å². The molecule has 0 aromatic carbocycles. The second-order valence-corrected chi connectivity index (χ2v) is 3.82. The maximum absolute atomic E-state index is 10.7. The molecule has 0 aromatic heterocycles. The molecule has 1 atom stereocenters. The maximum Gasteiger partial charge on any atom is 0.346 e. The minimum atomic E-state index is -1.12. The fourth-order valence-electron chi connectivity index (χ4n) is 1.84. The first-order valence-corrected chi connectivity index (χ1v) is 4.58. The van der Waals surface area contributed by atoms with E-state index in [1.165, 1.54) is 0 Å². The summed E-state index contributed by atoms with van der Waals surface area (Å²) < 4.78 is 0. The summed E-state index contributed by atoms with van der Waals surface area (Å²) in [7, 11) is 0. The number of nitriles is 1. The number of carboxylic acids is 1. The highest BCUT2D eigenvalue weighted by molar-refractivity contribution is 5.92. The Hall–Kier alpha value is -1.56. The Labute approximate surface area is 83.4 Å². The molecule has 74 valence electrons. The first-order chi connectivity index (χ1) is 6.54. The molecule has 1 aliphatic carbocycles. The van der Waals surface area contributed by atoms with Crippen LogP contribution in [0.4, 0.5) is 0 Å². The lowest BCUT2D eigenvalue weighted by Gasteiger charge is -2.19. The van der Waals surface area contributed by atoms with Gasteiger partial charge in [-0.2, -0.15) is 5.26 Å². The Balaban J connectivity index is 3.13. The lowest BCUT2D eigenvalue weighted by molar-refractivity contribution is -0.132. The molecule has 3 nitrogen and oxygen atoms in total. The van der Waals surface area contributed by atoms with E-state index < -0.39 is 5.97 Å². The van der Waals surface area contributed by atoms with E-state index in [2.05, 4.69) is 6.92 Å². The van der Waals surface area contributed by atoms with Gasteiger partial charge in [0.1, 0.15) is 11.6 Å². The first-order valence-electron chi connectivity index (χ1n) is 4.58. The molecule has 0 saturated heterocycles. The van der Waals surface area contributed by atoms with Crippen LogP contribution in [-0.2, 0) is 4.79 Å². The van der Waals surface area contributed by atoms with Crippen molar-refractivity contribution in [3.63, 3.8) is 0 Å². The van der Waals surface area contributed by atoms with E-state index in [0.29, 0.717) is 17.9 Å². The quantitative estimate of drug-likeness (QED) is 0.511. The van der Waals surface area contributed by atoms with Gasteiger partial charge in [0.05, 0.1) is 0 Å². The molecule has 1 rings (SSSR count). The van der Waals surface area contributed by atoms with Gasteiger partial charge < -0.3 is 5.11 Å². The standard InChI is InChI=1S/C11H13NO2/c1-7-3-8(2)5-9(4-7)10(6-12)11(13)14/h4,8H,3,5H2,1-2H3,(H,13,14)/b10-9-. The molecule has 0 fully saturated rings. The fraction of sp³-hybridized carbons (Fsp3) is 0.455. The van der Waals surface area contributed by atoms with Gasteiger partial charge in [0.15, 0.2) is 0 Å². The van der Waals surface area contributed by atoms with E-state index >= 15 is 0 Å². The van der Waals surface area contributed by atoms with Crippen LogP contribution in [0.1, 0.15) is 26.7 Å². The van der Waals surface area contributed by atoms with E-state index in [9.17, 15) is 4.79 Å². The molecular formula is C11H13NO2. The molecule has 0 bridgehead atoms. The van der Waals surface area contributed by atoms with Gasteiger partial charge in [0, 0.05) is 0 Å². The zero-order valence-electron chi connectivity index (χ0n) is 8.37. The number of carboxylic acid groups (broad SMARTS) is 1. The summed E-state index contributed by atoms with van der Waals surface area (Å²) in [5.41, 5.74) is 1.69. The fourth-order valence-corrected chi connectivity index (χ4v) is 1.84. The van der Waals surface area contributed by atoms with Gasteiger partial charge in [0.2, 0.25) is 0 Å². The average molecular weight is 191 g/mol. The van der Waals surface area contributed by atoms with Crippen LogP contribution in [0, 0.1) is 17.2 Å². The molecular weight excluding hydrogens is 178 g/mol. The summed E-state index contributed by atoms with van der Waals surface area (Å²) in [6, 6.07) is 1.75. The summed E-state index contributed by atoms with van der Waals surface area (Å²) in [4.78, 5) is 10.7. The van der Waals surface area contributed by atoms with Crippen molar-refractivity contribution in [1.29, 1.82) is 5.26 Å². The van der Waals surface area contributed by atoms with Crippen molar-refractivity contribution in [2.75, 3.05) is 0 Å². The highest BCUT2D eigenvalue weighted by Gasteiger charge is 2.18. The van der Waals surface area contributed by atoms with Gasteiger partial charge in [-0.15, -0.1) is 0 Å². The number of allylic oxidation sites excluding steroid dienone is 3. The molecule has 1 unspecified atom stereocenters. The molecule has 0 saturated carbocycles. The second-order valence-electron chi connectivity index (χ2n) is 3.82. The second kappa shape index (κ2) is 4.10. The molecule has 1 N–H and O–H groups in total. The van der Waals surface area contributed by atoms with Gasteiger partial charge in [-0.1, -0.05) is 18.6 Å². The first kappa shape index (κ1) is 10.5. The predicted molar refractivity (Wildman–Crippen MR) is 52.4 cm³/mol. The van der Waals surface area contributed by atoms with Crippen LogP contribution < -0.4 is 0 Å². The van der Waals surface area contributed by atoms with Crippen LogP contribution in [0.25, 0.3) is 0 Å². The summed E-state index contributed by atoms with van der Waals surface area (Å²) in [5.74, 6) is -0.696. The normalized spacial score (nSPS) is 24.9. The van der Waals surface area contributed by atoms with Crippen LogP contribution in [0.3, 0.4) is 0 Å². The van der Waals surface area contributed by atoms with Crippen LogP contribution in [0.2, 0.25) is 0 Å². The predicted octanol–water partition coefficient (Wildman–Crippen LogP) is 2.27. The van der Waals surface area contributed by atoms with Gasteiger partial charge in [-0.3, -0.25) is 0 Å². The molecule has 0 aliphatic heterocycles. The Bertz CT molecular complexity index is 358. The molecule has 1 aliphatic rings. The Morgan fingerprint density at radius 1 is 1.64 bits per heavy atom. The lowest BCUT2D eigenvalue weighted by atomic mass is 9.86. The van der Waals surface area contributed by atoms with Crippen molar-refractivity contribution in [3.05, 3.63) is 22.8 Å². The van der Waals surface area contributed by atoms with Gasteiger partial charge in [-0.25, -0.2) is 4.79 Å². The van der Waals surface area contributed by atoms with Crippen molar-refractivity contribution < 1.29 is 9.90 Å².